The van der Waals surface area contributed by atoms with Gasteiger partial charge in [-0.25, -0.2) is 14.2 Å². The topological polar surface area (TPSA) is 83.2 Å². The molecule has 1 aliphatic rings. The zero-order valence-corrected chi connectivity index (χ0v) is 22.1. The summed E-state index contributed by atoms with van der Waals surface area (Å²) in [5, 5.41) is 12.8. The van der Waals surface area contributed by atoms with E-state index in [0.717, 1.165) is 5.56 Å². The van der Waals surface area contributed by atoms with Crippen LogP contribution in [0.3, 0.4) is 0 Å². The van der Waals surface area contributed by atoms with Crippen molar-refractivity contribution in [2.24, 2.45) is 0 Å². The summed E-state index contributed by atoms with van der Waals surface area (Å²) in [4.78, 5) is 19.4. The number of aromatic nitrogens is 2. The van der Waals surface area contributed by atoms with Crippen molar-refractivity contribution in [3.8, 4) is 11.8 Å². The van der Waals surface area contributed by atoms with Crippen LogP contribution in [0.2, 0.25) is 5.15 Å². The highest BCUT2D eigenvalue weighted by atomic mass is 35.5. The first-order valence-corrected chi connectivity index (χ1v) is 12.9. The Balaban J connectivity index is 1.41. The van der Waals surface area contributed by atoms with Crippen LogP contribution in [-0.4, -0.2) is 39.9 Å². The van der Waals surface area contributed by atoms with E-state index in [1.54, 1.807) is 24.3 Å². The van der Waals surface area contributed by atoms with Gasteiger partial charge in [0.1, 0.15) is 22.8 Å². The molecular weight excluding hydrogens is 562 g/mol. The van der Waals surface area contributed by atoms with Crippen molar-refractivity contribution in [3.05, 3.63) is 99.7 Å². The van der Waals surface area contributed by atoms with Crippen molar-refractivity contribution < 1.29 is 27.1 Å². The molecule has 1 N–H and O–H groups in total. The van der Waals surface area contributed by atoms with Crippen molar-refractivity contribution in [2.45, 2.75) is 25.9 Å². The van der Waals surface area contributed by atoms with Gasteiger partial charge in [-0.2, -0.15) is 5.26 Å². The van der Waals surface area contributed by atoms with Crippen LogP contribution < -0.4 is 10.1 Å². The van der Waals surface area contributed by atoms with Gasteiger partial charge < -0.3 is 10.1 Å². The number of nitrogens with zero attached hydrogens (tertiary/aromatic N) is 4. The summed E-state index contributed by atoms with van der Waals surface area (Å²) in [5.74, 6) is -1.01. The first-order chi connectivity index (χ1) is 19.6. The van der Waals surface area contributed by atoms with Gasteiger partial charge in [-0.3, -0.25) is 9.47 Å². The third kappa shape index (κ3) is 6.51. The van der Waals surface area contributed by atoms with E-state index in [4.69, 9.17) is 16.9 Å². The van der Waals surface area contributed by atoms with Crippen molar-refractivity contribution in [3.63, 3.8) is 0 Å². The highest BCUT2D eigenvalue weighted by Crippen LogP contribution is 2.34. The summed E-state index contributed by atoms with van der Waals surface area (Å²) in [6, 6.07) is 12.9. The Morgan fingerprint density at radius 2 is 2.02 bits per heavy atom. The quantitative estimate of drug-likeness (QED) is 0.209. The molecule has 0 atom stereocenters. The summed E-state index contributed by atoms with van der Waals surface area (Å²) >= 11 is 5.94. The molecule has 5 rings (SSSR count). The number of nitriles is 1. The number of nitrogens with one attached hydrogen (secondary N) is 1. The van der Waals surface area contributed by atoms with Crippen molar-refractivity contribution >= 4 is 34.6 Å². The molecule has 0 fully saturated rings. The number of fused-ring (bicyclic) bond motifs is 3. The standard InChI is InChI=1S/C29H22ClF4N5O2/c30-27-13-19(7-9-36-27)16-37-28(40)39-25-8-11-38(10-1-2-18-3-6-24(31)20(12-18)15-35)17-23(25)22-5-4-21(14-26(22)39)41-29(32,33)34/h1-7,9,12-14H,8,10-11,16-17H2,(H,37,40). The molecule has 7 nitrogen and oxygen atoms in total. The largest absolute Gasteiger partial charge is 0.573 e. The molecule has 2 aromatic carbocycles. The number of alkyl halides is 3. The van der Waals surface area contributed by atoms with Gasteiger partial charge in [0, 0.05) is 55.9 Å². The zero-order chi connectivity index (χ0) is 29.1. The second-order valence-corrected chi connectivity index (χ2v) is 9.76. The van der Waals surface area contributed by atoms with Gasteiger partial charge in [-0.05, 0) is 53.1 Å². The van der Waals surface area contributed by atoms with Crippen LogP contribution in [0.25, 0.3) is 17.0 Å². The fourth-order valence-corrected chi connectivity index (χ4v) is 5.05. The van der Waals surface area contributed by atoms with E-state index in [9.17, 15) is 22.4 Å². The Labute approximate surface area is 237 Å². The summed E-state index contributed by atoms with van der Waals surface area (Å²) in [5.41, 5.74) is 3.18. The van der Waals surface area contributed by atoms with Gasteiger partial charge in [0.25, 0.3) is 0 Å². The number of carbonyl (C=O) groups is 1. The minimum Gasteiger partial charge on any atom is -0.406 e. The number of hydrogen-bond acceptors (Lipinski definition) is 5. The fraction of sp³-hybridized carbons (Fsp3) is 0.207. The van der Waals surface area contributed by atoms with E-state index in [1.165, 1.54) is 41.1 Å². The summed E-state index contributed by atoms with van der Waals surface area (Å²) in [7, 11) is 0. The first-order valence-electron chi connectivity index (χ1n) is 12.5. The van der Waals surface area contributed by atoms with E-state index >= 15 is 0 Å². The van der Waals surface area contributed by atoms with Gasteiger partial charge in [0.15, 0.2) is 0 Å². The highest BCUT2D eigenvalue weighted by molar-refractivity contribution is 6.29. The monoisotopic (exact) mass is 583 g/mol. The number of carbonyl (C=O) groups excluding carboxylic acids is 1. The number of hydrogen-bond donors (Lipinski definition) is 1. The second kappa shape index (κ2) is 11.6. The van der Waals surface area contributed by atoms with Gasteiger partial charge in [-0.1, -0.05) is 29.8 Å². The van der Waals surface area contributed by atoms with E-state index in [-0.39, 0.29) is 17.3 Å². The molecule has 1 aliphatic heterocycles. The molecule has 3 heterocycles. The number of rotatable bonds is 6. The molecule has 0 radical (unpaired) electrons. The molecular formula is C29H22ClF4N5O2. The Morgan fingerprint density at radius 1 is 1.20 bits per heavy atom. The maximum Gasteiger partial charge on any atom is 0.573 e. The van der Waals surface area contributed by atoms with Crippen LogP contribution in [0.4, 0.5) is 22.4 Å². The number of amides is 1. The molecule has 0 saturated heterocycles. The minimum absolute atomic E-state index is 0.0400. The lowest BCUT2D eigenvalue weighted by Crippen LogP contribution is -2.34. The molecule has 0 unspecified atom stereocenters. The summed E-state index contributed by atoms with van der Waals surface area (Å²) in [6.45, 7) is 1.69. The summed E-state index contributed by atoms with van der Waals surface area (Å²) in [6.07, 6.45) is 0.782. The van der Waals surface area contributed by atoms with Gasteiger partial charge in [-0.15, -0.1) is 13.2 Å². The maximum absolute atomic E-state index is 13.6. The first kappa shape index (κ1) is 28.1. The fourth-order valence-electron chi connectivity index (χ4n) is 4.86. The maximum atomic E-state index is 13.6. The molecule has 41 heavy (non-hydrogen) atoms. The van der Waals surface area contributed by atoms with E-state index in [2.05, 4.69) is 19.9 Å². The van der Waals surface area contributed by atoms with Gasteiger partial charge in [0.2, 0.25) is 0 Å². The second-order valence-electron chi connectivity index (χ2n) is 9.37. The molecule has 0 spiro atoms. The minimum atomic E-state index is -4.88. The average molecular weight is 584 g/mol. The van der Waals surface area contributed by atoms with E-state index in [0.29, 0.717) is 53.8 Å². The van der Waals surface area contributed by atoms with Crippen molar-refractivity contribution in [1.82, 2.24) is 19.8 Å². The SMILES string of the molecule is N#Cc1cc(C=CCN2CCc3c(c4ccc(OC(F)(F)F)cc4n3C(=O)NCc3ccnc(Cl)c3)C2)ccc1F. The number of benzene rings is 2. The van der Waals surface area contributed by atoms with Crippen LogP contribution in [0, 0.1) is 17.1 Å². The van der Waals surface area contributed by atoms with Crippen LogP contribution in [-0.2, 0) is 19.5 Å². The third-order valence-electron chi connectivity index (χ3n) is 6.66. The average Bonchev–Trinajstić information content (AvgIpc) is 3.24. The van der Waals surface area contributed by atoms with Crippen LogP contribution in [0.5, 0.6) is 5.75 Å². The molecule has 4 aromatic rings. The summed E-state index contributed by atoms with van der Waals surface area (Å²) < 4.78 is 58.0. The Bertz CT molecular complexity index is 1690. The lowest BCUT2D eigenvalue weighted by molar-refractivity contribution is -0.274. The van der Waals surface area contributed by atoms with E-state index < -0.39 is 24.0 Å². The highest BCUT2D eigenvalue weighted by Gasteiger charge is 2.32. The van der Waals surface area contributed by atoms with Crippen LogP contribution >= 0.6 is 11.6 Å². The normalized spacial score (nSPS) is 13.8. The Kier molecular flexibility index (Phi) is 7.97. The van der Waals surface area contributed by atoms with Gasteiger partial charge >= 0.3 is 12.4 Å². The molecule has 0 aliphatic carbocycles. The number of ether oxygens (including phenoxy) is 1. The Morgan fingerprint density at radius 3 is 2.78 bits per heavy atom. The van der Waals surface area contributed by atoms with E-state index in [1.807, 2.05) is 12.1 Å². The lowest BCUT2D eigenvalue weighted by Gasteiger charge is -2.27. The lowest BCUT2D eigenvalue weighted by atomic mass is 10.0. The molecule has 0 bridgehead atoms. The molecule has 210 valence electrons. The van der Waals surface area contributed by atoms with Crippen molar-refractivity contribution in [1.29, 1.82) is 5.26 Å². The van der Waals surface area contributed by atoms with Crippen LogP contribution in [0.15, 0.2) is 60.8 Å². The smallest absolute Gasteiger partial charge is 0.406 e. The zero-order valence-electron chi connectivity index (χ0n) is 21.4. The predicted octanol–water partition coefficient (Wildman–Crippen LogP) is 6.43. The molecule has 1 amide bonds. The van der Waals surface area contributed by atoms with Crippen LogP contribution in [0.1, 0.15) is 27.9 Å². The van der Waals surface area contributed by atoms with Crippen molar-refractivity contribution in [2.75, 3.05) is 13.1 Å². The number of halogens is 5. The Hall–Kier alpha value is -4.40. The molecule has 0 saturated carbocycles. The third-order valence-corrected chi connectivity index (χ3v) is 6.86. The van der Waals surface area contributed by atoms with Gasteiger partial charge in [0.05, 0.1) is 11.1 Å². The molecule has 2 aromatic heterocycles. The molecule has 12 heteroatoms. The number of pyridine rings is 1. The predicted molar refractivity (Wildman–Crippen MR) is 145 cm³/mol.